The molecule has 8 heteroatoms. The summed E-state index contributed by atoms with van der Waals surface area (Å²) in [5.74, 6) is 0.462. The largest absolute Gasteiger partial charge is 0.465 e. The van der Waals surface area contributed by atoms with Gasteiger partial charge in [0.2, 0.25) is 0 Å². The first-order chi connectivity index (χ1) is 13.3. The monoisotopic (exact) mass is 382 g/mol. The molecule has 8 nitrogen and oxygen atoms in total. The highest BCUT2D eigenvalue weighted by Crippen LogP contribution is 2.31. The summed E-state index contributed by atoms with van der Waals surface area (Å²) in [5.41, 5.74) is 9.45. The van der Waals surface area contributed by atoms with Crippen LogP contribution in [0, 0.1) is 13.8 Å². The van der Waals surface area contributed by atoms with E-state index in [1.165, 1.54) is 4.90 Å². The molecule has 1 amide bonds. The van der Waals surface area contributed by atoms with Gasteiger partial charge in [-0.1, -0.05) is 6.07 Å². The van der Waals surface area contributed by atoms with Crippen molar-refractivity contribution in [3.8, 4) is 11.3 Å². The lowest BCUT2D eigenvalue weighted by atomic mass is 10.00. The number of nitrogens with zero attached hydrogens (tertiary/aromatic N) is 3. The number of benzene rings is 1. The van der Waals surface area contributed by atoms with Crippen LogP contribution in [0.2, 0.25) is 0 Å². The SMILES string of the molecule is Cc1cc(C(C)N)c2oc(-c3cnn(C4CN(C(=O)O)C4)c3)c(C)c(=O)c2c1. The van der Waals surface area contributed by atoms with Crippen molar-refractivity contribution in [2.75, 3.05) is 13.1 Å². The van der Waals surface area contributed by atoms with Crippen LogP contribution >= 0.6 is 0 Å². The molecular weight excluding hydrogens is 360 g/mol. The standard InChI is InChI=1S/C20H22N4O4/c1-10-4-15(12(3)21)19-16(5-10)17(25)11(2)18(28-19)13-6-22-24(7-13)14-8-23(9-14)20(26)27/h4-7,12,14H,8-9,21H2,1-3H3,(H,26,27). The van der Waals surface area contributed by atoms with Gasteiger partial charge in [0.15, 0.2) is 5.43 Å². The van der Waals surface area contributed by atoms with Crippen LogP contribution in [0.5, 0.6) is 0 Å². The van der Waals surface area contributed by atoms with Gasteiger partial charge in [0.05, 0.1) is 23.2 Å². The van der Waals surface area contributed by atoms with Crippen LogP contribution in [0.25, 0.3) is 22.3 Å². The number of aryl methyl sites for hydroxylation is 1. The van der Waals surface area contributed by atoms with Crippen LogP contribution in [0.3, 0.4) is 0 Å². The van der Waals surface area contributed by atoms with Crippen molar-refractivity contribution < 1.29 is 14.3 Å². The number of nitrogens with two attached hydrogens (primary N) is 1. The van der Waals surface area contributed by atoms with Gasteiger partial charge in [0.1, 0.15) is 11.3 Å². The van der Waals surface area contributed by atoms with Crippen molar-refractivity contribution in [3.63, 3.8) is 0 Å². The van der Waals surface area contributed by atoms with Gasteiger partial charge >= 0.3 is 6.09 Å². The fraction of sp³-hybridized carbons (Fsp3) is 0.350. The Morgan fingerprint density at radius 1 is 1.36 bits per heavy atom. The van der Waals surface area contributed by atoms with Crippen LogP contribution < -0.4 is 11.2 Å². The second kappa shape index (κ2) is 6.49. The third-order valence-corrected chi connectivity index (χ3v) is 5.25. The van der Waals surface area contributed by atoms with Crippen LogP contribution in [0.4, 0.5) is 4.79 Å². The molecular formula is C20H22N4O4. The van der Waals surface area contributed by atoms with Crippen molar-refractivity contribution >= 4 is 17.1 Å². The molecule has 1 unspecified atom stereocenters. The summed E-state index contributed by atoms with van der Waals surface area (Å²) in [6.07, 6.45) is 2.50. The molecule has 2 aromatic heterocycles. The average Bonchev–Trinajstić information content (AvgIpc) is 3.05. The summed E-state index contributed by atoms with van der Waals surface area (Å²) in [6, 6.07) is 3.47. The molecule has 1 atom stereocenters. The van der Waals surface area contributed by atoms with E-state index in [1.54, 1.807) is 24.0 Å². The normalized spacial score (nSPS) is 15.6. The lowest BCUT2D eigenvalue weighted by molar-refractivity contribution is 0.0812. The molecule has 3 N–H and O–H groups in total. The highest BCUT2D eigenvalue weighted by molar-refractivity contribution is 5.84. The maximum atomic E-state index is 13.0. The van der Waals surface area contributed by atoms with Crippen LogP contribution in [-0.2, 0) is 0 Å². The van der Waals surface area contributed by atoms with E-state index < -0.39 is 6.09 Å². The Bertz CT molecular complexity index is 1140. The molecule has 3 aromatic rings. The molecule has 0 bridgehead atoms. The molecule has 1 aliphatic heterocycles. The Morgan fingerprint density at radius 3 is 2.71 bits per heavy atom. The average molecular weight is 382 g/mol. The van der Waals surface area contributed by atoms with E-state index in [9.17, 15) is 9.59 Å². The predicted octanol–water partition coefficient (Wildman–Crippen LogP) is 2.83. The molecule has 0 spiro atoms. The quantitative estimate of drug-likeness (QED) is 0.720. The molecule has 1 saturated heterocycles. The highest BCUT2D eigenvalue weighted by atomic mass is 16.4. The summed E-state index contributed by atoms with van der Waals surface area (Å²) >= 11 is 0. The number of aromatic nitrogens is 2. The first kappa shape index (κ1) is 18.2. The molecule has 0 radical (unpaired) electrons. The van der Waals surface area contributed by atoms with Crippen LogP contribution in [-0.4, -0.2) is 39.0 Å². The lowest BCUT2D eigenvalue weighted by Crippen LogP contribution is -2.50. The third-order valence-electron chi connectivity index (χ3n) is 5.25. The van der Waals surface area contributed by atoms with E-state index in [4.69, 9.17) is 15.3 Å². The van der Waals surface area contributed by atoms with Gasteiger partial charge < -0.3 is 20.2 Å². The van der Waals surface area contributed by atoms with Gasteiger partial charge in [0, 0.05) is 36.5 Å². The van der Waals surface area contributed by atoms with E-state index >= 15 is 0 Å². The molecule has 1 aromatic carbocycles. The number of hydrogen-bond donors (Lipinski definition) is 2. The van der Waals surface area contributed by atoms with Crippen molar-refractivity contribution in [2.24, 2.45) is 5.73 Å². The Morgan fingerprint density at radius 2 is 2.07 bits per heavy atom. The second-order valence-corrected chi connectivity index (χ2v) is 7.46. The number of hydrogen-bond acceptors (Lipinski definition) is 5. The van der Waals surface area contributed by atoms with Crippen molar-refractivity contribution in [1.29, 1.82) is 0 Å². The zero-order valence-corrected chi connectivity index (χ0v) is 16.0. The van der Waals surface area contributed by atoms with Crippen molar-refractivity contribution in [3.05, 3.63) is 51.4 Å². The lowest BCUT2D eigenvalue weighted by Gasteiger charge is -2.36. The minimum atomic E-state index is -0.932. The van der Waals surface area contributed by atoms with Gasteiger partial charge in [-0.25, -0.2) is 4.79 Å². The first-order valence-electron chi connectivity index (χ1n) is 9.12. The Kier molecular flexibility index (Phi) is 4.23. The molecule has 4 rings (SSSR count). The molecule has 0 aliphatic carbocycles. The number of carboxylic acid groups (broad SMARTS) is 1. The van der Waals surface area contributed by atoms with Gasteiger partial charge in [-0.15, -0.1) is 0 Å². The fourth-order valence-electron chi connectivity index (χ4n) is 3.61. The Balaban J connectivity index is 1.79. The van der Waals surface area contributed by atoms with Gasteiger partial charge in [-0.05, 0) is 32.4 Å². The Hall–Kier alpha value is -3.13. The van der Waals surface area contributed by atoms with E-state index in [0.29, 0.717) is 40.9 Å². The summed E-state index contributed by atoms with van der Waals surface area (Å²) in [6.45, 7) is 6.31. The molecule has 1 fully saturated rings. The minimum absolute atomic E-state index is 0.0143. The summed E-state index contributed by atoms with van der Waals surface area (Å²) in [5, 5.41) is 13.8. The van der Waals surface area contributed by atoms with E-state index in [-0.39, 0.29) is 17.5 Å². The third kappa shape index (κ3) is 2.86. The summed E-state index contributed by atoms with van der Waals surface area (Å²) in [4.78, 5) is 25.2. The second-order valence-electron chi connectivity index (χ2n) is 7.46. The van der Waals surface area contributed by atoms with E-state index in [1.807, 2.05) is 26.0 Å². The highest BCUT2D eigenvalue weighted by Gasteiger charge is 2.32. The van der Waals surface area contributed by atoms with Gasteiger partial charge in [-0.3, -0.25) is 9.48 Å². The molecule has 28 heavy (non-hydrogen) atoms. The molecule has 0 saturated carbocycles. The summed E-state index contributed by atoms with van der Waals surface area (Å²) in [7, 11) is 0. The van der Waals surface area contributed by atoms with Gasteiger partial charge in [-0.2, -0.15) is 5.10 Å². The van der Waals surface area contributed by atoms with Crippen molar-refractivity contribution in [1.82, 2.24) is 14.7 Å². The minimum Gasteiger partial charge on any atom is -0.465 e. The number of likely N-dealkylation sites (tertiary alicyclic amines) is 1. The Labute approximate surface area is 161 Å². The number of rotatable bonds is 3. The maximum Gasteiger partial charge on any atom is 0.407 e. The fourth-order valence-corrected chi connectivity index (χ4v) is 3.61. The zero-order valence-electron chi connectivity index (χ0n) is 16.0. The number of carbonyl (C=O) groups is 1. The van der Waals surface area contributed by atoms with Crippen LogP contribution in [0.1, 0.15) is 35.7 Å². The van der Waals surface area contributed by atoms with E-state index in [2.05, 4.69) is 5.10 Å². The number of fused-ring (bicyclic) bond motifs is 1. The van der Waals surface area contributed by atoms with Crippen LogP contribution in [0.15, 0.2) is 33.7 Å². The first-order valence-corrected chi connectivity index (χ1v) is 9.12. The number of amides is 1. The smallest absolute Gasteiger partial charge is 0.407 e. The molecule has 1 aliphatic rings. The topological polar surface area (TPSA) is 115 Å². The zero-order chi connectivity index (χ0) is 20.2. The summed E-state index contributed by atoms with van der Waals surface area (Å²) < 4.78 is 7.90. The predicted molar refractivity (Wildman–Crippen MR) is 104 cm³/mol. The van der Waals surface area contributed by atoms with Gasteiger partial charge in [0.25, 0.3) is 0 Å². The van der Waals surface area contributed by atoms with E-state index in [0.717, 1.165) is 11.1 Å². The maximum absolute atomic E-state index is 13.0. The molecule has 146 valence electrons. The molecule has 3 heterocycles. The van der Waals surface area contributed by atoms with Crippen molar-refractivity contribution in [2.45, 2.75) is 32.9 Å².